The van der Waals surface area contributed by atoms with Crippen molar-refractivity contribution in [3.63, 3.8) is 0 Å². The normalized spacial score (nSPS) is 13.0. The molecule has 7 heteroatoms. The van der Waals surface area contributed by atoms with Crippen molar-refractivity contribution in [2.45, 2.75) is 19.3 Å². The fourth-order valence-electron chi connectivity index (χ4n) is 8.90. The van der Waals surface area contributed by atoms with Crippen LogP contribution >= 0.6 is 0 Å². The molecule has 0 saturated carbocycles. The lowest BCUT2D eigenvalue weighted by atomic mass is 9.81. The van der Waals surface area contributed by atoms with Gasteiger partial charge in [-0.15, -0.1) is 0 Å². The third-order valence-electron chi connectivity index (χ3n) is 11.7. The number of para-hydroxylation sites is 3. The molecular weight excluding hydrogens is 760 g/mol. The Morgan fingerprint density at radius 1 is 0.483 bits per heavy atom. The van der Waals surface area contributed by atoms with Gasteiger partial charge in [-0.2, -0.15) is 0 Å². The number of anilines is 3. The summed E-state index contributed by atoms with van der Waals surface area (Å²) < 4.78 is 75.2. The number of hydrogen-bond acceptors (Lipinski definition) is 1. The minimum Gasteiger partial charge on any atom is -0.311 e. The highest BCUT2D eigenvalue weighted by molar-refractivity contribution is 6.14. The predicted molar refractivity (Wildman–Crippen MR) is 234 cm³/mol. The molecule has 292 valence electrons. The lowest BCUT2D eigenvalue weighted by Crippen LogP contribution is -2.16. The van der Waals surface area contributed by atoms with Crippen molar-refractivity contribution in [1.29, 1.82) is 0 Å². The molecule has 1 aliphatic carbocycles. The Morgan fingerprint density at radius 2 is 1.02 bits per heavy atom. The Hall–Kier alpha value is -7.25. The third-order valence-corrected chi connectivity index (χ3v) is 11.7. The zero-order chi connectivity index (χ0) is 41.3. The summed E-state index contributed by atoms with van der Waals surface area (Å²) in [6.07, 6.45) is 4.24. The van der Waals surface area contributed by atoms with Gasteiger partial charge in [0.2, 0.25) is 5.82 Å². The monoisotopic (exact) mass is 794 g/mol. The molecule has 0 atom stereocenters. The van der Waals surface area contributed by atoms with Crippen LogP contribution in [0.15, 0.2) is 164 Å². The van der Waals surface area contributed by atoms with Crippen molar-refractivity contribution in [3.05, 3.63) is 215 Å². The molecule has 0 bridgehead atoms. The van der Waals surface area contributed by atoms with E-state index in [1.54, 1.807) is 6.07 Å². The summed E-state index contributed by atoms with van der Waals surface area (Å²) >= 11 is 0. The minimum absolute atomic E-state index is 0.110. The van der Waals surface area contributed by atoms with Crippen molar-refractivity contribution in [2.24, 2.45) is 0 Å². The van der Waals surface area contributed by atoms with Crippen LogP contribution in [0.3, 0.4) is 0 Å². The summed E-state index contributed by atoms with van der Waals surface area (Å²) in [4.78, 5) is 2.23. The third kappa shape index (κ3) is 5.83. The fraction of sp³-hybridized carbons (Fsp3) is 0.0566. The molecule has 0 unspecified atom stereocenters. The van der Waals surface area contributed by atoms with E-state index >= 15 is 8.78 Å². The largest absolute Gasteiger partial charge is 0.311 e. The Bertz CT molecular complexity index is 3080. The summed E-state index contributed by atoms with van der Waals surface area (Å²) in [5.74, 6) is -9.87. The second-order valence-corrected chi connectivity index (χ2v) is 15.6. The average Bonchev–Trinajstić information content (AvgIpc) is 3.73. The van der Waals surface area contributed by atoms with Gasteiger partial charge in [-0.25, -0.2) is 22.0 Å². The fourth-order valence-corrected chi connectivity index (χ4v) is 8.90. The van der Waals surface area contributed by atoms with E-state index in [1.807, 2.05) is 72.8 Å². The van der Waals surface area contributed by atoms with E-state index in [4.69, 9.17) is 0 Å². The maximum atomic E-state index is 15.1. The highest BCUT2D eigenvalue weighted by Crippen LogP contribution is 2.53. The zero-order valence-electron chi connectivity index (χ0n) is 32.5. The van der Waals surface area contributed by atoms with Gasteiger partial charge in [0.05, 0.1) is 16.6 Å². The number of benzene rings is 8. The lowest BCUT2D eigenvalue weighted by Gasteiger charge is -2.25. The maximum absolute atomic E-state index is 15.1. The molecule has 0 spiro atoms. The number of halogens is 5. The molecule has 1 aliphatic rings. The van der Waals surface area contributed by atoms with Crippen molar-refractivity contribution < 1.29 is 22.0 Å². The van der Waals surface area contributed by atoms with Crippen LogP contribution in [0.2, 0.25) is 0 Å². The van der Waals surface area contributed by atoms with Gasteiger partial charge in [0.15, 0.2) is 23.3 Å². The number of fused-ring (bicyclic) bond motifs is 7. The molecule has 10 rings (SSSR count). The van der Waals surface area contributed by atoms with E-state index < -0.39 is 40.1 Å². The standard InChI is InChI=1S/C53H35F5N2/c1-53(2)43-30-33(19-18-32-20-24-38(25-21-32)59(35-12-6-3-7-13-35)36-14-8-4-9-15-36)22-26-39(43)40-27-28-41-42-31-34(45-47(54)49(56)51(58)50(57)48(45)55)23-29-44(42)60(52(41)46(40)53)37-16-10-5-11-17-37/h3-31H,1-2H3. The van der Waals surface area contributed by atoms with Gasteiger partial charge in [0.1, 0.15) is 0 Å². The van der Waals surface area contributed by atoms with Crippen LogP contribution in [-0.2, 0) is 5.41 Å². The summed E-state index contributed by atoms with van der Waals surface area (Å²) in [6.45, 7) is 4.39. The van der Waals surface area contributed by atoms with Crippen LogP contribution in [0.4, 0.5) is 39.0 Å². The van der Waals surface area contributed by atoms with Gasteiger partial charge in [0, 0.05) is 38.9 Å². The molecule has 0 fully saturated rings. The Kier molecular flexibility index (Phi) is 8.79. The van der Waals surface area contributed by atoms with Crippen molar-refractivity contribution in [1.82, 2.24) is 4.57 Å². The van der Waals surface area contributed by atoms with Crippen molar-refractivity contribution >= 4 is 51.0 Å². The number of rotatable bonds is 7. The second kappa shape index (κ2) is 14.2. The van der Waals surface area contributed by atoms with Crippen LogP contribution in [0.1, 0.15) is 36.1 Å². The van der Waals surface area contributed by atoms with E-state index in [9.17, 15) is 13.2 Å². The van der Waals surface area contributed by atoms with Gasteiger partial charge in [-0.1, -0.05) is 129 Å². The Labute approximate surface area is 343 Å². The van der Waals surface area contributed by atoms with Crippen LogP contribution < -0.4 is 4.90 Å². The smallest absolute Gasteiger partial charge is 0.200 e. The highest BCUT2D eigenvalue weighted by Gasteiger charge is 2.39. The number of aromatic nitrogens is 1. The molecule has 0 N–H and O–H groups in total. The van der Waals surface area contributed by atoms with Crippen LogP contribution in [-0.4, -0.2) is 4.57 Å². The summed E-state index contributed by atoms with van der Waals surface area (Å²) in [5.41, 5.74) is 10.6. The van der Waals surface area contributed by atoms with Gasteiger partial charge in [-0.05, 0) is 99.6 Å². The molecule has 2 nitrogen and oxygen atoms in total. The van der Waals surface area contributed by atoms with Gasteiger partial charge in [-0.3, -0.25) is 0 Å². The molecule has 60 heavy (non-hydrogen) atoms. The average molecular weight is 795 g/mol. The van der Waals surface area contributed by atoms with Gasteiger partial charge < -0.3 is 9.47 Å². The predicted octanol–water partition coefficient (Wildman–Crippen LogP) is 15.1. The summed E-state index contributed by atoms with van der Waals surface area (Å²) in [6, 6.07) is 54.0. The molecule has 9 aromatic rings. The summed E-state index contributed by atoms with van der Waals surface area (Å²) in [7, 11) is 0. The van der Waals surface area contributed by atoms with Gasteiger partial charge >= 0.3 is 0 Å². The lowest BCUT2D eigenvalue weighted by molar-refractivity contribution is 0.381. The Balaban J connectivity index is 1.05. The number of hydrogen-bond donors (Lipinski definition) is 0. The quantitative estimate of drug-likeness (QED) is 0.0675. The van der Waals surface area contributed by atoms with Crippen molar-refractivity contribution in [3.8, 4) is 27.9 Å². The minimum atomic E-state index is -2.18. The first-order valence-electron chi connectivity index (χ1n) is 19.6. The molecule has 8 aromatic carbocycles. The van der Waals surface area contributed by atoms with E-state index in [0.717, 1.165) is 72.5 Å². The van der Waals surface area contributed by atoms with E-state index in [2.05, 4.69) is 108 Å². The SMILES string of the molecule is CC1(C)c2cc(C=Cc3ccc(N(c4ccccc4)c4ccccc4)cc3)ccc2-c2ccc3c4cc(-c5c(F)c(F)c(F)c(F)c5F)ccc4n(-c4ccccc4)c3c21. The van der Waals surface area contributed by atoms with Crippen LogP contribution in [0.25, 0.3) is 61.9 Å². The molecular formula is C53H35F5N2. The molecule has 0 aliphatic heterocycles. The first-order valence-corrected chi connectivity index (χ1v) is 19.6. The van der Waals surface area contributed by atoms with E-state index in [0.29, 0.717) is 5.39 Å². The summed E-state index contributed by atoms with van der Waals surface area (Å²) in [5, 5.41) is 1.41. The molecule has 1 aromatic heterocycles. The first kappa shape index (κ1) is 37.0. The topological polar surface area (TPSA) is 8.17 Å². The molecule has 1 heterocycles. The first-order chi connectivity index (χ1) is 29.1. The maximum Gasteiger partial charge on any atom is 0.200 e. The van der Waals surface area contributed by atoms with Crippen LogP contribution in [0.5, 0.6) is 0 Å². The van der Waals surface area contributed by atoms with Gasteiger partial charge in [0.25, 0.3) is 0 Å². The van der Waals surface area contributed by atoms with Crippen molar-refractivity contribution in [2.75, 3.05) is 4.90 Å². The molecule has 0 saturated heterocycles. The van der Waals surface area contributed by atoms with E-state index in [1.165, 1.54) is 12.1 Å². The zero-order valence-corrected chi connectivity index (χ0v) is 32.5. The highest BCUT2D eigenvalue weighted by atomic mass is 19.2. The van der Waals surface area contributed by atoms with E-state index in [-0.39, 0.29) is 5.56 Å². The molecule has 0 radical (unpaired) electrons. The second-order valence-electron chi connectivity index (χ2n) is 15.6. The Morgan fingerprint density at radius 3 is 1.65 bits per heavy atom. The van der Waals surface area contributed by atoms with Crippen LogP contribution in [0, 0.1) is 29.1 Å². The molecule has 0 amide bonds. The number of nitrogens with zero attached hydrogens (tertiary/aromatic N) is 2.